The first-order valence-electron chi connectivity index (χ1n) is 5.98. The monoisotopic (exact) mass is 255 g/mol. The van der Waals surface area contributed by atoms with Gasteiger partial charge in [-0.25, -0.2) is 8.78 Å². The minimum Gasteiger partial charge on any atom is -0.480 e. The molecule has 0 radical (unpaired) electrons. The van der Waals surface area contributed by atoms with Gasteiger partial charge in [-0.15, -0.1) is 0 Å². The van der Waals surface area contributed by atoms with E-state index in [0.29, 0.717) is 18.4 Å². The van der Waals surface area contributed by atoms with E-state index < -0.39 is 23.6 Å². The zero-order chi connectivity index (χ0) is 13.1. The largest absolute Gasteiger partial charge is 0.480 e. The summed E-state index contributed by atoms with van der Waals surface area (Å²) < 4.78 is 26.1. The van der Waals surface area contributed by atoms with Crippen LogP contribution in [0.15, 0.2) is 18.2 Å². The van der Waals surface area contributed by atoms with Crippen LogP contribution in [0.3, 0.4) is 0 Å². The first kappa shape index (κ1) is 13.0. The number of benzene rings is 1. The zero-order valence-electron chi connectivity index (χ0n) is 9.83. The van der Waals surface area contributed by atoms with Gasteiger partial charge in [-0.05, 0) is 43.4 Å². The van der Waals surface area contributed by atoms with Crippen LogP contribution in [-0.2, 0) is 11.2 Å². The van der Waals surface area contributed by atoms with E-state index in [0.717, 1.165) is 18.9 Å². The molecule has 0 amide bonds. The molecule has 0 aliphatic carbocycles. The molecule has 2 N–H and O–H groups in total. The fraction of sp³-hybridized carbons (Fsp3) is 0.462. The molecule has 18 heavy (non-hydrogen) atoms. The maximum Gasteiger partial charge on any atom is 0.320 e. The van der Waals surface area contributed by atoms with E-state index in [1.807, 2.05) is 0 Å². The molecule has 98 valence electrons. The Kier molecular flexibility index (Phi) is 3.91. The Morgan fingerprint density at radius 1 is 1.28 bits per heavy atom. The lowest BCUT2D eigenvalue weighted by Crippen LogP contribution is -2.47. The molecule has 1 aromatic carbocycles. The molecule has 2 atom stereocenters. The molecule has 0 saturated carbocycles. The van der Waals surface area contributed by atoms with Crippen LogP contribution in [0.2, 0.25) is 0 Å². The van der Waals surface area contributed by atoms with Gasteiger partial charge in [0, 0.05) is 12.1 Å². The Bertz CT molecular complexity index is 430. The third kappa shape index (κ3) is 3.26. The van der Waals surface area contributed by atoms with E-state index in [4.69, 9.17) is 5.11 Å². The summed E-state index contributed by atoms with van der Waals surface area (Å²) in [6.07, 6.45) is 2.68. The van der Waals surface area contributed by atoms with Gasteiger partial charge in [0.1, 0.15) is 17.7 Å². The molecule has 0 bridgehead atoms. The third-order valence-corrected chi connectivity index (χ3v) is 3.18. The highest BCUT2D eigenvalue weighted by atomic mass is 19.1. The Morgan fingerprint density at radius 3 is 2.56 bits per heavy atom. The highest BCUT2D eigenvalue weighted by Crippen LogP contribution is 2.18. The molecular weight excluding hydrogens is 240 g/mol. The van der Waals surface area contributed by atoms with Crippen molar-refractivity contribution in [3.63, 3.8) is 0 Å². The quantitative estimate of drug-likeness (QED) is 0.869. The van der Waals surface area contributed by atoms with E-state index >= 15 is 0 Å². The maximum atomic E-state index is 13.0. The average molecular weight is 255 g/mol. The number of piperidine rings is 1. The maximum absolute atomic E-state index is 13.0. The number of hydrogen-bond donors (Lipinski definition) is 2. The molecule has 0 spiro atoms. The number of halogens is 2. The lowest BCUT2D eigenvalue weighted by molar-refractivity contribution is -0.140. The van der Waals surface area contributed by atoms with Crippen molar-refractivity contribution >= 4 is 5.97 Å². The van der Waals surface area contributed by atoms with Crippen LogP contribution in [0.5, 0.6) is 0 Å². The van der Waals surface area contributed by atoms with Crippen molar-refractivity contribution in [2.24, 2.45) is 0 Å². The average Bonchev–Trinajstić information content (AvgIpc) is 2.27. The minimum absolute atomic E-state index is 0.0407. The Hall–Kier alpha value is -1.49. The van der Waals surface area contributed by atoms with Crippen LogP contribution in [0.1, 0.15) is 24.8 Å². The van der Waals surface area contributed by atoms with Gasteiger partial charge in [-0.2, -0.15) is 0 Å². The minimum atomic E-state index is -0.870. The lowest BCUT2D eigenvalue weighted by atomic mass is 9.94. The highest BCUT2D eigenvalue weighted by Gasteiger charge is 2.26. The molecule has 3 nitrogen and oxygen atoms in total. The second-order valence-electron chi connectivity index (χ2n) is 4.67. The van der Waals surface area contributed by atoms with E-state index in [2.05, 4.69) is 5.32 Å². The van der Waals surface area contributed by atoms with Crippen LogP contribution >= 0.6 is 0 Å². The molecule has 5 heteroatoms. The van der Waals surface area contributed by atoms with Gasteiger partial charge >= 0.3 is 5.97 Å². The fourth-order valence-electron chi connectivity index (χ4n) is 2.39. The summed E-state index contributed by atoms with van der Waals surface area (Å²) in [5.41, 5.74) is 0.552. The number of hydrogen-bond acceptors (Lipinski definition) is 2. The summed E-state index contributed by atoms with van der Waals surface area (Å²) in [6.45, 7) is 0. The SMILES string of the molecule is O=C(O)C1CCCC(Cc2cc(F)cc(F)c2)N1. The normalized spacial score (nSPS) is 23.9. The summed E-state index contributed by atoms with van der Waals surface area (Å²) in [7, 11) is 0. The molecule has 1 aromatic rings. The van der Waals surface area contributed by atoms with E-state index in [1.54, 1.807) is 0 Å². The molecule has 1 aliphatic rings. The number of carboxylic acids is 1. The zero-order valence-corrected chi connectivity index (χ0v) is 9.83. The Morgan fingerprint density at radius 2 is 1.94 bits per heavy atom. The molecular formula is C13H15F2NO2. The Balaban J connectivity index is 2.02. The molecule has 1 fully saturated rings. The standard InChI is InChI=1S/C13H15F2NO2/c14-9-4-8(5-10(15)7-9)6-11-2-1-3-12(16-11)13(17)18/h4-5,7,11-12,16H,1-3,6H2,(H,17,18). The van der Waals surface area contributed by atoms with Crippen molar-refractivity contribution in [2.45, 2.75) is 37.8 Å². The summed E-state index contributed by atoms with van der Waals surface area (Å²) >= 11 is 0. The van der Waals surface area contributed by atoms with Crippen molar-refractivity contribution < 1.29 is 18.7 Å². The lowest BCUT2D eigenvalue weighted by Gasteiger charge is -2.28. The molecule has 1 aliphatic heterocycles. The molecule has 0 aromatic heterocycles. The van der Waals surface area contributed by atoms with Gasteiger partial charge in [0.05, 0.1) is 0 Å². The summed E-state index contributed by atoms with van der Waals surface area (Å²) in [5.74, 6) is -2.07. The van der Waals surface area contributed by atoms with Crippen molar-refractivity contribution in [2.75, 3.05) is 0 Å². The smallest absolute Gasteiger partial charge is 0.320 e. The molecule has 1 heterocycles. The van der Waals surface area contributed by atoms with Crippen LogP contribution in [0, 0.1) is 11.6 Å². The van der Waals surface area contributed by atoms with Crippen molar-refractivity contribution in [1.82, 2.24) is 5.32 Å². The predicted octanol–water partition coefficient (Wildman–Crippen LogP) is 2.10. The number of aliphatic carboxylic acids is 1. The Labute approximate surface area is 104 Å². The first-order valence-corrected chi connectivity index (χ1v) is 5.98. The van der Waals surface area contributed by atoms with E-state index in [-0.39, 0.29) is 6.04 Å². The number of nitrogens with one attached hydrogen (secondary N) is 1. The molecule has 2 rings (SSSR count). The molecule has 1 saturated heterocycles. The van der Waals surface area contributed by atoms with Gasteiger partial charge in [-0.1, -0.05) is 0 Å². The number of rotatable bonds is 3. The van der Waals surface area contributed by atoms with Gasteiger partial charge in [-0.3, -0.25) is 4.79 Å². The van der Waals surface area contributed by atoms with E-state index in [9.17, 15) is 13.6 Å². The summed E-state index contributed by atoms with van der Waals surface area (Å²) in [4.78, 5) is 10.9. The van der Waals surface area contributed by atoms with Crippen molar-refractivity contribution in [3.8, 4) is 0 Å². The topological polar surface area (TPSA) is 49.3 Å². The van der Waals surface area contributed by atoms with E-state index in [1.165, 1.54) is 12.1 Å². The summed E-state index contributed by atoms with van der Waals surface area (Å²) in [5, 5.41) is 11.9. The van der Waals surface area contributed by atoms with Crippen LogP contribution in [0.4, 0.5) is 8.78 Å². The molecule has 2 unspecified atom stereocenters. The third-order valence-electron chi connectivity index (χ3n) is 3.18. The van der Waals surface area contributed by atoms with Crippen molar-refractivity contribution in [1.29, 1.82) is 0 Å². The van der Waals surface area contributed by atoms with Gasteiger partial charge in [0.2, 0.25) is 0 Å². The first-order chi connectivity index (χ1) is 8.54. The second kappa shape index (κ2) is 5.44. The van der Waals surface area contributed by atoms with Gasteiger partial charge in [0.15, 0.2) is 0 Å². The fourth-order valence-corrected chi connectivity index (χ4v) is 2.39. The van der Waals surface area contributed by atoms with Gasteiger partial charge < -0.3 is 10.4 Å². The number of carbonyl (C=O) groups is 1. The summed E-state index contributed by atoms with van der Waals surface area (Å²) in [6, 6.07) is 2.81. The highest BCUT2D eigenvalue weighted by molar-refractivity contribution is 5.73. The van der Waals surface area contributed by atoms with Crippen LogP contribution in [-0.4, -0.2) is 23.2 Å². The van der Waals surface area contributed by atoms with Crippen LogP contribution in [0.25, 0.3) is 0 Å². The predicted molar refractivity (Wildman–Crippen MR) is 62.3 cm³/mol. The van der Waals surface area contributed by atoms with Crippen LogP contribution < -0.4 is 5.32 Å². The second-order valence-corrected chi connectivity index (χ2v) is 4.67. The number of carboxylic acid groups (broad SMARTS) is 1. The van der Waals surface area contributed by atoms with Crippen molar-refractivity contribution in [3.05, 3.63) is 35.4 Å². The van der Waals surface area contributed by atoms with Gasteiger partial charge in [0.25, 0.3) is 0 Å².